The van der Waals surface area contributed by atoms with E-state index in [9.17, 15) is 9.90 Å². The number of carbonyl (C=O) groups excluding carboxylic acids is 1. The van der Waals surface area contributed by atoms with Gasteiger partial charge in [-0.1, -0.05) is 86.0 Å². The van der Waals surface area contributed by atoms with Gasteiger partial charge in [-0.3, -0.25) is 9.78 Å². The van der Waals surface area contributed by atoms with Crippen molar-refractivity contribution in [3.63, 3.8) is 0 Å². The number of aliphatic hydroxyl groups excluding tert-OH is 1. The Morgan fingerprint density at radius 1 is 0.822 bits per heavy atom. The van der Waals surface area contributed by atoms with E-state index in [1.165, 1.54) is 32.1 Å². The van der Waals surface area contributed by atoms with E-state index in [1.807, 2.05) is 24.3 Å². The maximum atomic E-state index is 12.5. The van der Waals surface area contributed by atoms with Crippen LogP contribution in [0.2, 0.25) is 0 Å². The molecule has 2 aliphatic heterocycles. The van der Waals surface area contributed by atoms with Crippen molar-refractivity contribution in [1.29, 1.82) is 0 Å². The number of amides is 1. The number of likely N-dealkylation sites (tertiary alicyclic amines) is 1. The highest BCUT2D eigenvalue weighted by atomic mass is 16.7. The third-order valence-electron chi connectivity index (χ3n) is 8.85. The number of carbonyl (C=O) groups is 1. The summed E-state index contributed by atoms with van der Waals surface area (Å²) < 4.78 is 13.3. The molecule has 45 heavy (non-hydrogen) atoms. The van der Waals surface area contributed by atoms with Crippen molar-refractivity contribution in [2.24, 2.45) is 0 Å². The van der Waals surface area contributed by atoms with Gasteiger partial charge in [-0.15, -0.1) is 0 Å². The van der Waals surface area contributed by atoms with Crippen LogP contribution >= 0.6 is 0 Å². The van der Waals surface area contributed by atoms with Crippen LogP contribution in [0.5, 0.6) is 0 Å². The number of rotatable bonds is 9. The summed E-state index contributed by atoms with van der Waals surface area (Å²) in [5, 5.41) is 12.5. The van der Waals surface area contributed by atoms with Crippen molar-refractivity contribution >= 4 is 5.91 Å². The minimum absolute atomic E-state index is 0.0322. The lowest BCUT2D eigenvalue weighted by Crippen LogP contribution is -2.40. The Hall–Kier alpha value is -3.88. The maximum absolute atomic E-state index is 12.5. The molecule has 0 spiro atoms. The Morgan fingerprint density at radius 2 is 1.58 bits per heavy atom. The predicted octanol–water partition coefficient (Wildman–Crippen LogP) is 6.98. The molecule has 3 aromatic carbocycles. The Balaban J connectivity index is 1.15. The Kier molecular flexibility index (Phi) is 10.7. The molecule has 0 saturated carbocycles. The van der Waals surface area contributed by atoms with Crippen LogP contribution in [0.4, 0.5) is 0 Å². The number of benzene rings is 3. The fraction of sp³-hybridized carbons (Fsp3) is 0.368. The molecule has 1 amide bonds. The van der Waals surface area contributed by atoms with E-state index in [2.05, 4.69) is 63.7 Å². The average Bonchev–Trinajstić information content (AvgIpc) is 3.09. The van der Waals surface area contributed by atoms with Gasteiger partial charge in [0, 0.05) is 37.5 Å². The predicted molar refractivity (Wildman–Crippen MR) is 175 cm³/mol. The topological polar surface area (TPSA) is 83.9 Å². The summed E-state index contributed by atoms with van der Waals surface area (Å²) in [6, 6.07) is 28.3. The van der Waals surface area contributed by atoms with Crippen LogP contribution in [0.1, 0.15) is 83.5 Å². The Morgan fingerprint density at radius 3 is 2.31 bits per heavy atom. The molecule has 0 radical (unpaired) electrons. The zero-order valence-electron chi connectivity index (χ0n) is 25.8. The fourth-order valence-electron chi connectivity index (χ4n) is 6.29. The highest BCUT2D eigenvalue weighted by molar-refractivity contribution is 5.93. The van der Waals surface area contributed by atoms with Crippen LogP contribution in [0.3, 0.4) is 0 Å². The zero-order chi connectivity index (χ0) is 30.8. The Bertz CT molecular complexity index is 1500. The minimum Gasteiger partial charge on any atom is -0.392 e. The third kappa shape index (κ3) is 8.44. The molecule has 4 aromatic rings. The zero-order valence-corrected chi connectivity index (χ0v) is 25.8. The monoisotopic (exact) mass is 605 g/mol. The van der Waals surface area contributed by atoms with Crippen LogP contribution in [0.25, 0.3) is 11.1 Å². The van der Waals surface area contributed by atoms with Gasteiger partial charge < -0.3 is 24.8 Å². The van der Waals surface area contributed by atoms with Crippen molar-refractivity contribution in [3.05, 3.63) is 125 Å². The molecule has 0 unspecified atom stereocenters. The molecule has 1 aromatic heterocycles. The molecule has 3 atom stereocenters. The summed E-state index contributed by atoms with van der Waals surface area (Å²) in [5.41, 5.74) is 6.74. The first-order valence-corrected chi connectivity index (χ1v) is 16.2. The molecule has 6 rings (SSSR count). The quantitative estimate of drug-likeness (QED) is 0.214. The first kappa shape index (κ1) is 31.1. The van der Waals surface area contributed by atoms with Crippen molar-refractivity contribution in [2.75, 3.05) is 19.6 Å². The molecule has 2 saturated heterocycles. The van der Waals surface area contributed by atoms with Crippen LogP contribution in [-0.4, -0.2) is 46.6 Å². The van der Waals surface area contributed by atoms with E-state index >= 15 is 0 Å². The van der Waals surface area contributed by atoms with Gasteiger partial charge >= 0.3 is 0 Å². The highest BCUT2D eigenvalue weighted by Gasteiger charge is 2.33. The summed E-state index contributed by atoms with van der Waals surface area (Å²) in [5.74, 6) is -0.141. The largest absolute Gasteiger partial charge is 0.392 e. The lowest BCUT2D eigenvalue weighted by Gasteiger charge is -2.38. The van der Waals surface area contributed by atoms with Crippen molar-refractivity contribution in [2.45, 2.75) is 70.2 Å². The molecule has 2 N–H and O–H groups in total. The highest BCUT2D eigenvalue weighted by Crippen LogP contribution is 2.39. The molecule has 234 valence electrons. The van der Waals surface area contributed by atoms with E-state index in [4.69, 9.17) is 9.47 Å². The van der Waals surface area contributed by atoms with E-state index in [0.717, 1.165) is 59.4 Å². The lowest BCUT2D eigenvalue weighted by atomic mass is 9.98. The molecule has 2 aliphatic rings. The van der Waals surface area contributed by atoms with E-state index in [0.29, 0.717) is 12.1 Å². The van der Waals surface area contributed by atoms with Gasteiger partial charge in [0.2, 0.25) is 0 Å². The van der Waals surface area contributed by atoms with Crippen LogP contribution < -0.4 is 5.32 Å². The molecule has 2 fully saturated rings. The lowest BCUT2D eigenvalue weighted by molar-refractivity contribution is -0.253. The number of aromatic nitrogens is 1. The molecular weight excluding hydrogens is 562 g/mol. The van der Waals surface area contributed by atoms with Crippen LogP contribution in [0.15, 0.2) is 97.3 Å². The second-order valence-corrected chi connectivity index (χ2v) is 12.2. The molecule has 0 bridgehead atoms. The second-order valence-electron chi connectivity index (χ2n) is 12.2. The van der Waals surface area contributed by atoms with E-state index < -0.39 is 6.29 Å². The summed E-state index contributed by atoms with van der Waals surface area (Å²) in [6.45, 7) is 3.63. The number of hydrogen-bond acceptors (Lipinski definition) is 6. The first-order chi connectivity index (χ1) is 22.1. The summed E-state index contributed by atoms with van der Waals surface area (Å²) in [6.07, 6.45) is 9.99. The van der Waals surface area contributed by atoms with E-state index in [1.54, 1.807) is 24.5 Å². The minimum atomic E-state index is -0.468. The van der Waals surface area contributed by atoms with Crippen molar-refractivity contribution in [1.82, 2.24) is 15.2 Å². The number of ether oxygens (including phenoxy) is 2. The summed E-state index contributed by atoms with van der Waals surface area (Å²) in [7, 11) is 0. The van der Waals surface area contributed by atoms with Gasteiger partial charge in [-0.2, -0.15) is 0 Å². The third-order valence-corrected chi connectivity index (χ3v) is 8.85. The van der Waals surface area contributed by atoms with Crippen molar-refractivity contribution in [3.8, 4) is 11.1 Å². The number of nitrogens with zero attached hydrogens (tertiary/aromatic N) is 2. The standard InChI is InChI=1S/C38H43N3O4/c42-27-28-11-13-31(14-12-28)36-23-35(26-41-20-4-2-1-3-5-21-41)44-38(45-36)32-17-15-30(16-18-32)33-9-6-8-29(22-33)24-40-37(43)34-10-7-19-39-25-34/h6-19,22,25,35-36,38,42H,1-5,20-21,23-24,26-27H2,(H,40,43)/t35-,36+,38+/m0/s1. The number of aliphatic hydroxyl groups is 1. The van der Waals surface area contributed by atoms with Gasteiger partial charge in [-0.25, -0.2) is 0 Å². The number of pyridine rings is 1. The number of hydrogen-bond donors (Lipinski definition) is 2. The van der Waals surface area contributed by atoms with Gasteiger partial charge in [0.25, 0.3) is 5.91 Å². The Labute approximate surface area is 266 Å². The second kappa shape index (κ2) is 15.4. The molecular formula is C38H43N3O4. The van der Waals surface area contributed by atoms with Gasteiger partial charge in [0.15, 0.2) is 6.29 Å². The smallest absolute Gasteiger partial charge is 0.253 e. The molecule has 0 aliphatic carbocycles. The SMILES string of the molecule is O=C(NCc1cccc(-c2ccc([C@@H]3O[C@H](CN4CCCCCCC4)C[C@H](c4ccc(CO)cc4)O3)cc2)c1)c1cccnc1. The molecule has 3 heterocycles. The van der Waals surface area contributed by atoms with Crippen molar-refractivity contribution < 1.29 is 19.4 Å². The summed E-state index contributed by atoms with van der Waals surface area (Å²) >= 11 is 0. The summed E-state index contributed by atoms with van der Waals surface area (Å²) in [4.78, 5) is 19.1. The first-order valence-electron chi connectivity index (χ1n) is 16.2. The normalized spacial score (nSPS) is 21.0. The van der Waals surface area contributed by atoms with Crippen LogP contribution in [-0.2, 0) is 22.6 Å². The van der Waals surface area contributed by atoms with E-state index in [-0.39, 0.29) is 24.7 Å². The van der Waals surface area contributed by atoms with Gasteiger partial charge in [0.1, 0.15) is 0 Å². The molecule has 7 heteroatoms. The molecule has 7 nitrogen and oxygen atoms in total. The fourth-order valence-corrected chi connectivity index (χ4v) is 6.29. The maximum Gasteiger partial charge on any atom is 0.253 e. The average molecular weight is 606 g/mol. The number of nitrogens with one attached hydrogen (secondary N) is 1. The van der Waals surface area contributed by atoms with Gasteiger partial charge in [-0.05, 0) is 71.9 Å². The van der Waals surface area contributed by atoms with Gasteiger partial charge in [0.05, 0.1) is 24.4 Å². The van der Waals surface area contributed by atoms with Crippen LogP contribution in [0, 0.1) is 0 Å².